The molecule has 0 unspecified atom stereocenters. The molecule has 144 valence electrons. The lowest BCUT2D eigenvalue weighted by Crippen LogP contribution is -2.43. The van der Waals surface area contributed by atoms with Crippen molar-refractivity contribution in [2.24, 2.45) is 0 Å². The Morgan fingerprint density at radius 2 is 1.96 bits per heavy atom. The molecule has 0 bridgehead atoms. The quantitative estimate of drug-likeness (QED) is 0.553. The Labute approximate surface area is 149 Å². The Morgan fingerprint density at radius 3 is 2.50 bits per heavy atom. The normalized spacial score (nSPS) is 15.5. The lowest BCUT2D eigenvalue weighted by atomic mass is 9.94. The fraction of sp³-hybridized carbons (Fsp3) is 0.588. The van der Waals surface area contributed by atoms with Gasteiger partial charge < -0.3 is 9.64 Å². The van der Waals surface area contributed by atoms with Crippen molar-refractivity contribution in [2.45, 2.75) is 51.2 Å². The molecule has 6 nitrogen and oxygen atoms in total. The number of hydrogen-bond donors (Lipinski definition) is 0. The number of hydrogen-bond acceptors (Lipinski definition) is 4. The molecule has 0 spiro atoms. The molecule has 1 aliphatic carbocycles. The van der Waals surface area contributed by atoms with Crippen molar-refractivity contribution in [1.82, 2.24) is 4.90 Å². The zero-order valence-electron chi connectivity index (χ0n) is 14.4. The predicted octanol–water partition coefficient (Wildman–Crippen LogP) is 4.17. The first-order chi connectivity index (χ1) is 12.2. The lowest BCUT2D eigenvalue weighted by Gasteiger charge is -2.33. The first-order valence-electron chi connectivity index (χ1n) is 8.52. The average Bonchev–Trinajstić information content (AvgIpc) is 2.60. The minimum Gasteiger partial charge on any atom is -0.483 e. The average molecular weight is 374 g/mol. The summed E-state index contributed by atoms with van der Waals surface area (Å²) < 4.78 is 44.5. The van der Waals surface area contributed by atoms with Gasteiger partial charge in [0, 0.05) is 24.7 Å². The molecule has 0 N–H and O–H groups in total. The van der Waals surface area contributed by atoms with Crippen LogP contribution in [0, 0.1) is 10.1 Å². The predicted molar refractivity (Wildman–Crippen MR) is 87.9 cm³/mol. The topological polar surface area (TPSA) is 72.7 Å². The molecule has 26 heavy (non-hydrogen) atoms. The van der Waals surface area contributed by atoms with Crippen molar-refractivity contribution in [3.8, 4) is 5.75 Å². The number of likely N-dealkylation sites (N-methyl/N-ethyl adjacent to an activating group) is 1. The van der Waals surface area contributed by atoms with Crippen molar-refractivity contribution in [2.75, 3.05) is 13.2 Å². The first kappa shape index (κ1) is 20.0. The van der Waals surface area contributed by atoms with Gasteiger partial charge in [-0.25, -0.2) is 0 Å². The summed E-state index contributed by atoms with van der Waals surface area (Å²) in [6.07, 6.45) is 0.107. The molecule has 0 saturated heterocycles. The molecule has 1 fully saturated rings. The Bertz CT molecular complexity index is 658. The second kappa shape index (κ2) is 8.37. The van der Waals surface area contributed by atoms with Crippen LogP contribution >= 0.6 is 0 Å². The van der Waals surface area contributed by atoms with E-state index < -0.39 is 34.7 Å². The summed E-state index contributed by atoms with van der Waals surface area (Å²) in [6.45, 7) is 1.74. The van der Waals surface area contributed by atoms with Crippen LogP contribution in [0.4, 0.5) is 18.9 Å². The maximum atomic E-state index is 13.1. The number of benzene rings is 1. The van der Waals surface area contributed by atoms with Gasteiger partial charge in [-0.1, -0.05) is 19.3 Å². The minimum absolute atomic E-state index is 0.0868. The summed E-state index contributed by atoms with van der Waals surface area (Å²) in [5.74, 6) is -0.970. The standard InChI is InChI=1S/C17H21F3N2O4/c1-2-21(12-6-4-3-5-7-12)16(23)11-26-15-9-8-13(22(24)25)10-14(15)17(18,19)20/h8-10,12H,2-7,11H2,1H3. The van der Waals surface area contributed by atoms with Gasteiger partial charge in [-0.3, -0.25) is 14.9 Å². The van der Waals surface area contributed by atoms with Gasteiger partial charge in [0.15, 0.2) is 6.61 Å². The summed E-state index contributed by atoms with van der Waals surface area (Å²) in [5.41, 5.74) is -1.95. The zero-order chi connectivity index (χ0) is 19.3. The maximum absolute atomic E-state index is 13.1. The second-order valence-electron chi connectivity index (χ2n) is 6.20. The van der Waals surface area contributed by atoms with Crippen LogP contribution in [0.25, 0.3) is 0 Å². The van der Waals surface area contributed by atoms with E-state index >= 15 is 0 Å². The molecule has 1 aliphatic rings. The van der Waals surface area contributed by atoms with Crippen LogP contribution < -0.4 is 4.74 Å². The van der Waals surface area contributed by atoms with Crippen LogP contribution in [-0.4, -0.2) is 34.9 Å². The molecule has 9 heteroatoms. The maximum Gasteiger partial charge on any atom is 0.420 e. The van der Waals surface area contributed by atoms with Crippen LogP contribution in [0.5, 0.6) is 5.75 Å². The summed E-state index contributed by atoms with van der Waals surface area (Å²) in [7, 11) is 0. The number of carbonyl (C=O) groups excluding carboxylic acids is 1. The third kappa shape index (κ3) is 4.86. The number of ether oxygens (including phenoxy) is 1. The van der Waals surface area contributed by atoms with Crippen molar-refractivity contribution in [1.29, 1.82) is 0 Å². The van der Waals surface area contributed by atoms with E-state index in [9.17, 15) is 28.1 Å². The third-order valence-electron chi connectivity index (χ3n) is 4.51. The van der Waals surface area contributed by atoms with Crippen molar-refractivity contribution >= 4 is 11.6 Å². The molecular formula is C17H21F3N2O4. The van der Waals surface area contributed by atoms with Crippen molar-refractivity contribution in [3.63, 3.8) is 0 Å². The fourth-order valence-corrected chi connectivity index (χ4v) is 3.23. The number of halogens is 3. The summed E-state index contributed by atoms with van der Waals surface area (Å²) >= 11 is 0. The SMILES string of the molecule is CCN(C(=O)COc1ccc([N+](=O)[O-])cc1C(F)(F)F)C1CCCCC1. The van der Waals surface area contributed by atoms with Gasteiger partial charge in [0.05, 0.1) is 4.92 Å². The molecule has 0 radical (unpaired) electrons. The van der Waals surface area contributed by atoms with E-state index in [4.69, 9.17) is 4.74 Å². The van der Waals surface area contributed by atoms with Crippen molar-refractivity contribution in [3.05, 3.63) is 33.9 Å². The number of nitro benzene ring substituents is 1. The van der Waals surface area contributed by atoms with Gasteiger partial charge >= 0.3 is 6.18 Å². The molecule has 0 atom stereocenters. The molecule has 1 aromatic carbocycles. The molecule has 2 rings (SSSR count). The number of nitrogens with zero attached hydrogens (tertiary/aromatic N) is 2. The van der Waals surface area contributed by atoms with Crippen LogP contribution in [0.2, 0.25) is 0 Å². The number of carbonyl (C=O) groups is 1. The monoisotopic (exact) mass is 374 g/mol. The van der Waals surface area contributed by atoms with E-state index in [2.05, 4.69) is 0 Å². The van der Waals surface area contributed by atoms with E-state index in [-0.39, 0.29) is 11.9 Å². The summed E-state index contributed by atoms with van der Waals surface area (Å²) in [6, 6.07) is 2.31. The van der Waals surface area contributed by atoms with Crippen molar-refractivity contribution < 1.29 is 27.6 Å². The minimum atomic E-state index is -4.82. The first-order valence-corrected chi connectivity index (χ1v) is 8.52. The number of non-ortho nitro benzene ring substituents is 1. The molecule has 0 aliphatic heterocycles. The largest absolute Gasteiger partial charge is 0.483 e. The van der Waals surface area contributed by atoms with Crippen LogP contribution in [0.1, 0.15) is 44.6 Å². The molecule has 1 amide bonds. The van der Waals surface area contributed by atoms with Gasteiger partial charge in [-0.05, 0) is 25.8 Å². The summed E-state index contributed by atoms with van der Waals surface area (Å²) in [5, 5.41) is 10.7. The Morgan fingerprint density at radius 1 is 1.31 bits per heavy atom. The number of nitro groups is 1. The molecule has 1 saturated carbocycles. The van der Waals surface area contributed by atoms with Gasteiger partial charge in [-0.2, -0.15) is 13.2 Å². The molecule has 1 aromatic rings. The Kier molecular flexibility index (Phi) is 6.44. The number of amides is 1. The highest BCUT2D eigenvalue weighted by molar-refractivity contribution is 5.78. The van der Waals surface area contributed by atoms with Gasteiger partial charge in [0.1, 0.15) is 11.3 Å². The molecular weight excluding hydrogens is 353 g/mol. The van der Waals surface area contributed by atoms with Crippen LogP contribution in [-0.2, 0) is 11.0 Å². The zero-order valence-corrected chi connectivity index (χ0v) is 14.4. The van der Waals surface area contributed by atoms with Gasteiger partial charge in [-0.15, -0.1) is 0 Å². The lowest BCUT2D eigenvalue weighted by molar-refractivity contribution is -0.385. The highest BCUT2D eigenvalue weighted by Gasteiger charge is 2.36. The van der Waals surface area contributed by atoms with Gasteiger partial charge in [0.2, 0.25) is 0 Å². The smallest absolute Gasteiger partial charge is 0.420 e. The Balaban J connectivity index is 2.12. The van der Waals surface area contributed by atoms with Gasteiger partial charge in [0.25, 0.3) is 11.6 Å². The highest BCUT2D eigenvalue weighted by Crippen LogP contribution is 2.38. The fourth-order valence-electron chi connectivity index (χ4n) is 3.23. The van der Waals surface area contributed by atoms with Crippen LogP contribution in [0.15, 0.2) is 18.2 Å². The van der Waals surface area contributed by atoms with Crippen LogP contribution in [0.3, 0.4) is 0 Å². The van der Waals surface area contributed by atoms with E-state index in [1.165, 1.54) is 0 Å². The number of rotatable bonds is 6. The Hall–Kier alpha value is -2.32. The molecule has 0 heterocycles. The number of alkyl halides is 3. The highest BCUT2D eigenvalue weighted by atomic mass is 19.4. The van der Waals surface area contributed by atoms with E-state index in [1.807, 2.05) is 6.92 Å². The molecule has 0 aromatic heterocycles. The van der Waals surface area contributed by atoms with E-state index in [1.54, 1.807) is 4.90 Å². The summed E-state index contributed by atoms with van der Waals surface area (Å²) in [4.78, 5) is 23.8. The third-order valence-corrected chi connectivity index (χ3v) is 4.51. The van der Waals surface area contributed by atoms with E-state index in [0.717, 1.165) is 44.2 Å². The van der Waals surface area contributed by atoms with E-state index in [0.29, 0.717) is 12.6 Å². The second-order valence-corrected chi connectivity index (χ2v) is 6.20.